The molecule has 0 spiro atoms. The highest BCUT2D eigenvalue weighted by Gasteiger charge is 2.24. The lowest BCUT2D eigenvalue weighted by Gasteiger charge is -2.26. The summed E-state index contributed by atoms with van der Waals surface area (Å²) in [7, 11) is 0. The van der Waals surface area contributed by atoms with Gasteiger partial charge in [0.2, 0.25) is 0 Å². The molecule has 4 rings (SSSR count). The van der Waals surface area contributed by atoms with Gasteiger partial charge < -0.3 is 9.64 Å². The number of benzene rings is 2. The van der Waals surface area contributed by atoms with Crippen LogP contribution in [0.25, 0.3) is 16.9 Å². The highest BCUT2D eigenvalue weighted by molar-refractivity contribution is 6.00. The van der Waals surface area contributed by atoms with Crippen molar-refractivity contribution in [3.05, 3.63) is 71.9 Å². The predicted octanol–water partition coefficient (Wildman–Crippen LogP) is 3.32. The Morgan fingerprint density at radius 3 is 2.38 bits per heavy atom. The molecule has 26 heavy (non-hydrogen) atoms. The number of carbonyl (C=O) groups is 1. The predicted molar refractivity (Wildman–Crippen MR) is 100 cm³/mol. The molecular weight excluding hydrogens is 326 g/mol. The fraction of sp³-hybridized carbons (Fsp3) is 0.238. The Kier molecular flexibility index (Phi) is 4.54. The molecular formula is C21H21N3O2. The molecule has 1 aliphatic rings. The van der Waals surface area contributed by atoms with Crippen LogP contribution in [0.1, 0.15) is 15.9 Å². The number of rotatable bonds is 3. The Labute approximate surface area is 152 Å². The van der Waals surface area contributed by atoms with Gasteiger partial charge in [0.15, 0.2) is 0 Å². The normalized spacial score (nSPS) is 14.4. The van der Waals surface area contributed by atoms with E-state index in [2.05, 4.69) is 6.92 Å². The van der Waals surface area contributed by atoms with Crippen LogP contribution >= 0.6 is 0 Å². The molecule has 0 N–H and O–H groups in total. The van der Waals surface area contributed by atoms with E-state index in [1.807, 2.05) is 65.7 Å². The Morgan fingerprint density at radius 2 is 1.69 bits per heavy atom. The van der Waals surface area contributed by atoms with Crippen LogP contribution in [0, 0.1) is 6.92 Å². The molecule has 2 heterocycles. The van der Waals surface area contributed by atoms with Gasteiger partial charge >= 0.3 is 0 Å². The zero-order valence-corrected chi connectivity index (χ0v) is 14.8. The van der Waals surface area contributed by atoms with E-state index in [-0.39, 0.29) is 5.91 Å². The number of nitrogens with zero attached hydrogens (tertiary/aromatic N) is 3. The van der Waals surface area contributed by atoms with Crippen molar-refractivity contribution in [2.75, 3.05) is 26.3 Å². The van der Waals surface area contributed by atoms with Crippen molar-refractivity contribution in [1.82, 2.24) is 14.7 Å². The van der Waals surface area contributed by atoms with E-state index in [4.69, 9.17) is 9.84 Å². The number of hydrogen-bond donors (Lipinski definition) is 0. The summed E-state index contributed by atoms with van der Waals surface area (Å²) < 4.78 is 7.16. The number of carbonyl (C=O) groups excluding carboxylic acids is 1. The maximum atomic E-state index is 13.1. The van der Waals surface area contributed by atoms with Crippen LogP contribution in [0.5, 0.6) is 0 Å². The molecule has 0 atom stereocenters. The minimum absolute atomic E-state index is 0.00511. The van der Waals surface area contributed by atoms with Crippen molar-refractivity contribution in [1.29, 1.82) is 0 Å². The largest absolute Gasteiger partial charge is 0.378 e. The molecule has 0 radical (unpaired) electrons. The molecule has 5 heteroatoms. The maximum Gasteiger partial charge on any atom is 0.257 e. The molecule has 3 aromatic rings. The van der Waals surface area contributed by atoms with Crippen LogP contribution in [-0.2, 0) is 4.74 Å². The Hall–Kier alpha value is -2.92. The van der Waals surface area contributed by atoms with Crippen molar-refractivity contribution in [3.8, 4) is 16.9 Å². The summed E-state index contributed by atoms with van der Waals surface area (Å²) in [6.07, 6.45) is 1.84. The molecule has 2 aromatic carbocycles. The fourth-order valence-corrected chi connectivity index (χ4v) is 3.11. The molecule has 1 amide bonds. The first-order chi connectivity index (χ1) is 12.7. The Bertz CT molecular complexity index is 895. The second kappa shape index (κ2) is 7.14. The Balaban J connectivity index is 1.77. The molecule has 0 bridgehead atoms. The molecule has 1 aromatic heterocycles. The van der Waals surface area contributed by atoms with Crippen LogP contribution in [0.3, 0.4) is 0 Å². The first-order valence-electron chi connectivity index (χ1n) is 8.81. The van der Waals surface area contributed by atoms with E-state index in [1.165, 1.54) is 5.56 Å². The molecule has 0 unspecified atom stereocenters. The highest BCUT2D eigenvalue weighted by atomic mass is 16.5. The van der Waals surface area contributed by atoms with Gasteiger partial charge in [-0.05, 0) is 19.1 Å². The summed E-state index contributed by atoms with van der Waals surface area (Å²) >= 11 is 0. The SMILES string of the molecule is Cc1ccc(-n2cc(C(=O)N3CCOCC3)c(-c3ccccc3)n2)cc1. The topological polar surface area (TPSA) is 47.4 Å². The van der Waals surface area contributed by atoms with Crippen LogP contribution in [-0.4, -0.2) is 46.9 Å². The van der Waals surface area contributed by atoms with Crippen LogP contribution in [0.4, 0.5) is 0 Å². The Morgan fingerprint density at radius 1 is 1.00 bits per heavy atom. The summed E-state index contributed by atoms with van der Waals surface area (Å²) in [4.78, 5) is 14.9. The van der Waals surface area contributed by atoms with Crippen LogP contribution in [0.2, 0.25) is 0 Å². The number of amides is 1. The van der Waals surface area contributed by atoms with Crippen LogP contribution < -0.4 is 0 Å². The zero-order valence-electron chi connectivity index (χ0n) is 14.8. The van der Waals surface area contributed by atoms with E-state index in [0.717, 1.165) is 11.3 Å². The third-order valence-electron chi connectivity index (χ3n) is 4.59. The molecule has 1 aliphatic heterocycles. The average molecular weight is 347 g/mol. The standard InChI is InChI=1S/C21H21N3O2/c1-16-7-9-18(10-8-16)24-15-19(21(25)23-11-13-26-14-12-23)20(22-24)17-5-3-2-4-6-17/h2-10,15H,11-14H2,1H3. The van der Waals surface area contributed by atoms with Gasteiger partial charge in [-0.2, -0.15) is 5.10 Å². The van der Waals surface area contributed by atoms with Gasteiger partial charge in [-0.25, -0.2) is 4.68 Å². The van der Waals surface area contributed by atoms with Crippen molar-refractivity contribution in [2.45, 2.75) is 6.92 Å². The van der Waals surface area contributed by atoms with Gasteiger partial charge in [-0.15, -0.1) is 0 Å². The lowest BCUT2D eigenvalue weighted by Crippen LogP contribution is -2.40. The van der Waals surface area contributed by atoms with Crippen LogP contribution in [0.15, 0.2) is 60.8 Å². The van der Waals surface area contributed by atoms with E-state index >= 15 is 0 Å². The minimum atomic E-state index is 0.00511. The number of hydrogen-bond acceptors (Lipinski definition) is 3. The average Bonchev–Trinajstić information content (AvgIpc) is 3.15. The highest BCUT2D eigenvalue weighted by Crippen LogP contribution is 2.25. The lowest BCUT2D eigenvalue weighted by molar-refractivity contribution is 0.0303. The van der Waals surface area contributed by atoms with E-state index in [9.17, 15) is 4.79 Å². The third-order valence-corrected chi connectivity index (χ3v) is 4.59. The van der Waals surface area contributed by atoms with Gasteiger partial charge in [-0.1, -0.05) is 48.0 Å². The lowest BCUT2D eigenvalue weighted by atomic mass is 10.1. The molecule has 0 saturated carbocycles. The zero-order chi connectivity index (χ0) is 17.9. The fourth-order valence-electron chi connectivity index (χ4n) is 3.11. The number of aryl methyl sites for hydroxylation is 1. The number of aromatic nitrogens is 2. The molecule has 132 valence electrons. The monoisotopic (exact) mass is 347 g/mol. The van der Waals surface area contributed by atoms with Crippen molar-refractivity contribution < 1.29 is 9.53 Å². The molecule has 5 nitrogen and oxygen atoms in total. The minimum Gasteiger partial charge on any atom is -0.378 e. The van der Waals surface area contributed by atoms with Gasteiger partial charge in [-0.3, -0.25) is 4.79 Å². The van der Waals surface area contributed by atoms with Crippen molar-refractivity contribution in [2.24, 2.45) is 0 Å². The summed E-state index contributed by atoms with van der Waals surface area (Å²) in [6, 6.07) is 18.0. The first kappa shape index (κ1) is 16.5. The first-order valence-corrected chi connectivity index (χ1v) is 8.81. The van der Waals surface area contributed by atoms with E-state index in [1.54, 1.807) is 4.68 Å². The smallest absolute Gasteiger partial charge is 0.257 e. The summed E-state index contributed by atoms with van der Waals surface area (Å²) in [5.41, 5.74) is 4.40. The number of ether oxygens (including phenoxy) is 1. The van der Waals surface area contributed by atoms with Crippen molar-refractivity contribution in [3.63, 3.8) is 0 Å². The molecule has 1 saturated heterocycles. The molecule has 1 fully saturated rings. The maximum absolute atomic E-state index is 13.1. The number of morpholine rings is 1. The summed E-state index contributed by atoms with van der Waals surface area (Å²) in [5.74, 6) is 0.00511. The van der Waals surface area contributed by atoms with E-state index < -0.39 is 0 Å². The van der Waals surface area contributed by atoms with Gasteiger partial charge in [0.05, 0.1) is 24.5 Å². The van der Waals surface area contributed by atoms with Crippen molar-refractivity contribution >= 4 is 5.91 Å². The van der Waals surface area contributed by atoms with E-state index in [0.29, 0.717) is 37.6 Å². The summed E-state index contributed by atoms with van der Waals surface area (Å²) in [6.45, 7) is 4.44. The molecule has 0 aliphatic carbocycles. The second-order valence-corrected chi connectivity index (χ2v) is 6.44. The van der Waals surface area contributed by atoms with Gasteiger partial charge in [0.25, 0.3) is 5.91 Å². The third kappa shape index (κ3) is 3.26. The van der Waals surface area contributed by atoms with Gasteiger partial charge in [0.1, 0.15) is 5.69 Å². The quantitative estimate of drug-likeness (QED) is 0.730. The van der Waals surface area contributed by atoms with Gasteiger partial charge in [0, 0.05) is 24.8 Å². The second-order valence-electron chi connectivity index (χ2n) is 6.44. The summed E-state index contributed by atoms with van der Waals surface area (Å²) in [5, 5.41) is 4.73.